The highest BCUT2D eigenvalue weighted by atomic mass is 35.5. The fourth-order valence-electron chi connectivity index (χ4n) is 3.07. The number of carbonyl (C=O) groups excluding carboxylic acids is 2. The zero-order valence-corrected chi connectivity index (χ0v) is 16.7. The van der Waals surface area contributed by atoms with Crippen LogP contribution in [0.1, 0.15) is 24.5 Å². The fourth-order valence-corrected chi connectivity index (χ4v) is 3.20. The number of nitrogens with one attached hydrogen (secondary N) is 1. The molecule has 148 valence electrons. The van der Waals surface area contributed by atoms with E-state index >= 15 is 0 Å². The fraction of sp³-hybridized carbons (Fsp3) is 0.333. The second kappa shape index (κ2) is 8.97. The molecule has 0 aliphatic carbocycles. The lowest BCUT2D eigenvalue weighted by Gasteiger charge is -2.28. The van der Waals surface area contributed by atoms with Gasteiger partial charge in [0.1, 0.15) is 6.04 Å². The number of fused-ring (bicyclic) bond motifs is 1. The Hall–Kier alpha value is -2.73. The van der Waals surface area contributed by atoms with Crippen LogP contribution in [0.4, 0.5) is 0 Å². The summed E-state index contributed by atoms with van der Waals surface area (Å²) in [5.74, 6) is 1.11. The van der Waals surface area contributed by atoms with Crippen molar-refractivity contribution in [3.8, 4) is 11.5 Å². The van der Waals surface area contributed by atoms with Gasteiger partial charge in [-0.2, -0.15) is 0 Å². The summed E-state index contributed by atoms with van der Waals surface area (Å²) in [6, 6.07) is 12.3. The summed E-state index contributed by atoms with van der Waals surface area (Å²) >= 11 is 5.94. The van der Waals surface area contributed by atoms with Crippen molar-refractivity contribution in [2.24, 2.45) is 0 Å². The first-order valence-electron chi connectivity index (χ1n) is 9.12. The molecule has 2 aromatic carbocycles. The van der Waals surface area contributed by atoms with Gasteiger partial charge in [-0.15, -0.1) is 0 Å². The minimum absolute atomic E-state index is 0.0938. The molecule has 1 aliphatic rings. The van der Waals surface area contributed by atoms with E-state index in [4.69, 9.17) is 21.1 Å². The van der Waals surface area contributed by atoms with Crippen molar-refractivity contribution in [3.63, 3.8) is 0 Å². The Kier molecular flexibility index (Phi) is 6.41. The van der Waals surface area contributed by atoms with Gasteiger partial charge in [-0.25, -0.2) is 0 Å². The van der Waals surface area contributed by atoms with Crippen LogP contribution >= 0.6 is 11.6 Å². The van der Waals surface area contributed by atoms with E-state index in [1.54, 1.807) is 31.0 Å². The number of halogens is 1. The van der Waals surface area contributed by atoms with Gasteiger partial charge in [0.15, 0.2) is 11.5 Å². The van der Waals surface area contributed by atoms with E-state index in [9.17, 15) is 9.59 Å². The number of hydrogen-bond donors (Lipinski definition) is 1. The molecule has 1 heterocycles. The molecule has 0 bridgehead atoms. The maximum absolute atomic E-state index is 12.9. The summed E-state index contributed by atoms with van der Waals surface area (Å²) in [7, 11) is 1.57. The largest absolute Gasteiger partial charge is 0.454 e. The molecule has 1 atom stereocenters. The van der Waals surface area contributed by atoms with Crippen LogP contribution < -0.4 is 14.8 Å². The SMILES string of the molecule is CNC(=O)[C@@H](C)N(Cc1ccc(Cl)cc1)C(=O)CCc1ccc2c(c1)OCO2. The van der Waals surface area contributed by atoms with Crippen LogP contribution in [0.15, 0.2) is 42.5 Å². The zero-order chi connectivity index (χ0) is 20.1. The molecular weight excluding hydrogens is 380 g/mol. The van der Waals surface area contributed by atoms with Crippen molar-refractivity contribution in [3.05, 3.63) is 58.6 Å². The van der Waals surface area contributed by atoms with Crippen LogP contribution in [-0.2, 0) is 22.6 Å². The minimum Gasteiger partial charge on any atom is -0.454 e. The van der Waals surface area contributed by atoms with E-state index in [1.165, 1.54) is 0 Å². The molecule has 6 nitrogen and oxygen atoms in total. The molecule has 0 unspecified atom stereocenters. The third kappa shape index (κ3) is 4.75. The Labute approximate surface area is 169 Å². The summed E-state index contributed by atoms with van der Waals surface area (Å²) < 4.78 is 10.7. The van der Waals surface area contributed by atoms with Gasteiger partial charge in [-0.1, -0.05) is 29.8 Å². The molecule has 0 fully saturated rings. The average Bonchev–Trinajstić information content (AvgIpc) is 3.18. The number of rotatable bonds is 7. The van der Waals surface area contributed by atoms with Gasteiger partial charge in [0.2, 0.25) is 18.6 Å². The molecule has 1 N–H and O–H groups in total. The summed E-state index contributed by atoms with van der Waals surface area (Å²) in [5, 5.41) is 3.24. The molecule has 28 heavy (non-hydrogen) atoms. The quantitative estimate of drug-likeness (QED) is 0.772. The molecule has 0 radical (unpaired) electrons. The molecule has 2 aromatic rings. The first-order valence-corrected chi connectivity index (χ1v) is 9.49. The third-order valence-electron chi connectivity index (χ3n) is 4.74. The third-order valence-corrected chi connectivity index (χ3v) is 5.00. The van der Waals surface area contributed by atoms with Gasteiger partial charge in [-0.05, 0) is 48.7 Å². The molecule has 0 saturated heterocycles. The van der Waals surface area contributed by atoms with Gasteiger partial charge in [0.25, 0.3) is 0 Å². The topological polar surface area (TPSA) is 67.9 Å². The molecule has 0 saturated carbocycles. The molecule has 7 heteroatoms. The smallest absolute Gasteiger partial charge is 0.242 e. The van der Waals surface area contributed by atoms with E-state index in [0.29, 0.717) is 29.5 Å². The van der Waals surface area contributed by atoms with Crippen LogP contribution in [0.2, 0.25) is 5.02 Å². The first kappa shape index (κ1) is 20.0. The molecule has 1 aliphatic heterocycles. The molecule has 2 amide bonds. The van der Waals surface area contributed by atoms with Crippen LogP contribution in [0, 0.1) is 0 Å². The van der Waals surface area contributed by atoms with E-state index in [-0.39, 0.29) is 25.0 Å². The zero-order valence-electron chi connectivity index (χ0n) is 15.9. The summed E-state index contributed by atoms with van der Waals surface area (Å²) in [6.45, 7) is 2.29. The molecular formula is C21H23ClN2O4. The number of amides is 2. The lowest BCUT2D eigenvalue weighted by Crippen LogP contribution is -2.46. The molecule has 0 spiro atoms. The first-order chi connectivity index (χ1) is 13.5. The number of aryl methyl sites for hydroxylation is 1. The van der Waals surface area contributed by atoms with Gasteiger partial charge in [0, 0.05) is 25.0 Å². The van der Waals surface area contributed by atoms with Crippen molar-refractivity contribution < 1.29 is 19.1 Å². The highest BCUT2D eigenvalue weighted by Gasteiger charge is 2.25. The Morgan fingerprint density at radius 3 is 2.50 bits per heavy atom. The van der Waals surface area contributed by atoms with E-state index in [0.717, 1.165) is 11.1 Å². The number of nitrogens with zero attached hydrogens (tertiary/aromatic N) is 1. The predicted molar refractivity (Wildman–Crippen MR) is 106 cm³/mol. The monoisotopic (exact) mass is 402 g/mol. The number of carbonyl (C=O) groups is 2. The lowest BCUT2D eigenvalue weighted by molar-refractivity contribution is -0.140. The lowest BCUT2D eigenvalue weighted by atomic mass is 10.1. The maximum Gasteiger partial charge on any atom is 0.242 e. The highest BCUT2D eigenvalue weighted by molar-refractivity contribution is 6.30. The van der Waals surface area contributed by atoms with E-state index in [1.807, 2.05) is 30.3 Å². The van der Waals surface area contributed by atoms with Crippen LogP contribution in [0.25, 0.3) is 0 Å². The van der Waals surface area contributed by atoms with Gasteiger partial charge < -0.3 is 19.7 Å². The second-order valence-corrected chi connectivity index (χ2v) is 7.06. The Bertz CT molecular complexity index is 854. The highest BCUT2D eigenvalue weighted by Crippen LogP contribution is 2.32. The number of ether oxygens (including phenoxy) is 2. The normalized spacial score (nSPS) is 13.1. The van der Waals surface area contributed by atoms with Crippen LogP contribution in [-0.4, -0.2) is 36.6 Å². The van der Waals surface area contributed by atoms with E-state index in [2.05, 4.69) is 5.32 Å². The number of hydrogen-bond acceptors (Lipinski definition) is 4. The van der Waals surface area contributed by atoms with Crippen molar-refractivity contribution >= 4 is 23.4 Å². The van der Waals surface area contributed by atoms with Crippen LogP contribution in [0.5, 0.6) is 11.5 Å². The van der Waals surface area contributed by atoms with Gasteiger partial charge in [-0.3, -0.25) is 9.59 Å². The van der Waals surface area contributed by atoms with Gasteiger partial charge >= 0.3 is 0 Å². The average molecular weight is 403 g/mol. The Morgan fingerprint density at radius 1 is 1.11 bits per heavy atom. The van der Waals surface area contributed by atoms with Crippen LogP contribution in [0.3, 0.4) is 0 Å². The summed E-state index contributed by atoms with van der Waals surface area (Å²) in [6.07, 6.45) is 0.835. The predicted octanol–water partition coefficient (Wildman–Crippen LogP) is 3.16. The second-order valence-electron chi connectivity index (χ2n) is 6.63. The van der Waals surface area contributed by atoms with Gasteiger partial charge in [0.05, 0.1) is 0 Å². The maximum atomic E-state index is 12.9. The molecule has 0 aromatic heterocycles. The van der Waals surface area contributed by atoms with Crippen molar-refractivity contribution in [1.82, 2.24) is 10.2 Å². The van der Waals surface area contributed by atoms with E-state index < -0.39 is 6.04 Å². The summed E-state index contributed by atoms with van der Waals surface area (Å²) in [4.78, 5) is 26.7. The Balaban J connectivity index is 1.70. The Morgan fingerprint density at radius 2 is 1.79 bits per heavy atom. The number of benzene rings is 2. The number of likely N-dealkylation sites (N-methyl/N-ethyl adjacent to an activating group) is 1. The minimum atomic E-state index is -0.579. The molecule has 3 rings (SSSR count). The van der Waals surface area contributed by atoms with Crippen molar-refractivity contribution in [2.75, 3.05) is 13.8 Å². The van der Waals surface area contributed by atoms with Crippen molar-refractivity contribution in [2.45, 2.75) is 32.4 Å². The summed E-state index contributed by atoms with van der Waals surface area (Å²) in [5.41, 5.74) is 1.90. The van der Waals surface area contributed by atoms with Crippen molar-refractivity contribution in [1.29, 1.82) is 0 Å². The standard InChI is InChI=1S/C21H23ClN2O4/c1-14(21(26)23-2)24(12-16-3-7-17(22)8-4-16)20(25)10-6-15-5-9-18-19(11-15)28-13-27-18/h3-5,7-9,11,14H,6,10,12-13H2,1-2H3,(H,23,26)/t14-/m1/s1.